The molecule has 2 heterocycles. The Hall–Kier alpha value is -1.05. The van der Waals surface area contributed by atoms with Crippen molar-refractivity contribution in [2.45, 2.75) is 6.42 Å². The quantitative estimate of drug-likeness (QED) is 0.584. The highest BCUT2D eigenvalue weighted by atomic mass is 16.1. The molecule has 4 nitrogen and oxygen atoms in total. The minimum absolute atomic E-state index is 0.119. The average molecular weight is 235 g/mol. The number of piperazine rings is 1. The molecule has 2 fully saturated rings. The second kappa shape index (κ2) is 5.52. The molecule has 0 radical (unpaired) electrons. The van der Waals surface area contributed by atoms with E-state index in [1.165, 1.54) is 0 Å². The largest absolute Gasteiger partial charge is 0.330 e. The van der Waals surface area contributed by atoms with Crippen LogP contribution in [0.25, 0.3) is 0 Å². The minimum Gasteiger partial charge on any atom is -0.330 e. The van der Waals surface area contributed by atoms with Gasteiger partial charge in [-0.1, -0.05) is 0 Å². The van der Waals surface area contributed by atoms with Gasteiger partial charge in [0.1, 0.15) is 0 Å². The number of rotatable bonds is 1. The number of nitrogens with zero attached hydrogens (tertiary/aromatic N) is 3. The molecule has 0 aromatic carbocycles. The summed E-state index contributed by atoms with van der Waals surface area (Å²) in [4.78, 5) is 18.4. The highest BCUT2D eigenvalue weighted by Crippen LogP contribution is 2.14. The average Bonchev–Trinajstić information content (AvgIpc) is 2.75. The number of Topliss-reactive ketones (excluding diaryl/α,β-unsaturated/α-hetero) is 1. The first-order chi connectivity index (χ1) is 8.15. The van der Waals surface area contributed by atoms with Crippen molar-refractivity contribution in [3.63, 3.8) is 0 Å². The van der Waals surface area contributed by atoms with Crippen molar-refractivity contribution in [3.8, 4) is 12.0 Å². The fourth-order valence-corrected chi connectivity index (χ4v) is 2.30. The number of hydrogen-bond donors (Lipinski definition) is 0. The zero-order valence-corrected chi connectivity index (χ0v) is 10.8. The monoisotopic (exact) mass is 235 g/mol. The van der Waals surface area contributed by atoms with E-state index in [2.05, 4.69) is 40.8 Å². The number of likely N-dealkylation sites (N-methyl/N-ethyl adjacent to an activating group) is 1. The Labute approximate surface area is 104 Å². The van der Waals surface area contributed by atoms with E-state index < -0.39 is 0 Å². The van der Waals surface area contributed by atoms with Crippen molar-refractivity contribution < 1.29 is 4.79 Å². The Bertz CT molecular complexity index is 336. The highest BCUT2D eigenvalue weighted by molar-refractivity contribution is 5.97. The number of ketones is 1. The molecule has 0 aromatic heterocycles. The summed E-state index contributed by atoms with van der Waals surface area (Å²) in [5, 5.41) is 0. The van der Waals surface area contributed by atoms with Crippen LogP contribution in [0.4, 0.5) is 0 Å². The van der Waals surface area contributed by atoms with Gasteiger partial charge >= 0.3 is 0 Å². The van der Waals surface area contributed by atoms with Crippen LogP contribution in [0.3, 0.4) is 0 Å². The number of carbonyl (C=O) groups is 1. The molecule has 2 aliphatic rings. The molecule has 1 atom stereocenters. The maximum absolute atomic E-state index is 11.9. The summed E-state index contributed by atoms with van der Waals surface area (Å²) in [6.45, 7) is 5.86. The SMILES string of the molecule is CN1CCN(C#CC(=O)C2CCN(C)C2)CC1. The second-order valence-electron chi connectivity index (χ2n) is 5.14. The van der Waals surface area contributed by atoms with Crippen LogP contribution in [-0.4, -0.2) is 73.8 Å². The predicted octanol–water partition coefficient (Wildman–Crippen LogP) is -0.284. The predicted molar refractivity (Wildman–Crippen MR) is 67.5 cm³/mol. The Balaban J connectivity index is 1.82. The Morgan fingerprint density at radius 1 is 1.06 bits per heavy atom. The lowest BCUT2D eigenvalue weighted by molar-refractivity contribution is -0.117. The summed E-state index contributed by atoms with van der Waals surface area (Å²) >= 11 is 0. The molecule has 1 unspecified atom stereocenters. The standard InChI is InChI=1S/C13H21N3O/c1-14-7-9-16(10-8-14)6-4-13(17)12-3-5-15(2)11-12/h12H,3,5,7-11H2,1-2H3. The number of hydrogen-bond acceptors (Lipinski definition) is 4. The summed E-state index contributed by atoms with van der Waals surface area (Å²) in [5.41, 5.74) is 0. The van der Waals surface area contributed by atoms with Crippen LogP contribution in [0.1, 0.15) is 6.42 Å². The van der Waals surface area contributed by atoms with Gasteiger partial charge in [-0.25, -0.2) is 0 Å². The third-order valence-corrected chi connectivity index (χ3v) is 3.60. The van der Waals surface area contributed by atoms with Gasteiger partial charge in [0.15, 0.2) is 0 Å². The van der Waals surface area contributed by atoms with E-state index in [-0.39, 0.29) is 11.7 Å². The molecular formula is C13H21N3O. The van der Waals surface area contributed by atoms with Gasteiger partial charge in [-0.2, -0.15) is 0 Å². The first-order valence-electron chi connectivity index (χ1n) is 6.32. The van der Waals surface area contributed by atoms with Gasteiger partial charge in [0.05, 0.1) is 0 Å². The van der Waals surface area contributed by atoms with E-state index in [1.54, 1.807) is 0 Å². The fraction of sp³-hybridized carbons (Fsp3) is 0.769. The number of likely N-dealkylation sites (tertiary alicyclic amines) is 1. The molecule has 0 aliphatic carbocycles. The summed E-state index contributed by atoms with van der Waals surface area (Å²) < 4.78 is 0. The van der Waals surface area contributed by atoms with E-state index in [9.17, 15) is 4.79 Å². The van der Waals surface area contributed by atoms with E-state index in [0.717, 1.165) is 45.7 Å². The summed E-state index contributed by atoms with van der Waals surface area (Å²) in [6.07, 6.45) is 0.965. The van der Waals surface area contributed by atoms with E-state index in [0.29, 0.717) is 0 Å². The van der Waals surface area contributed by atoms with Crippen LogP contribution in [0, 0.1) is 17.9 Å². The van der Waals surface area contributed by atoms with Gasteiger partial charge in [-0.15, -0.1) is 0 Å². The van der Waals surface area contributed by atoms with Gasteiger partial charge in [0, 0.05) is 44.7 Å². The molecule has 0 amide bonds. The summed E-state index contributed by atoms with van der Waals surface area (Å²) in [7, 11) is 4.17. The molecular weight excluding hydrogens is 214 g/mol. The second-order valence-corrected chi connectivity index (χ2v) is 5.14. The Kier molecular flexibility index (Phi) is 4.03. The van der Waals surface area contributed by atoms with E-state index >= 15 is 0 Å². The molecule has 0 saturated carbocycles. The third-order valence-electron chi connectivity index (χ3n) is 3.60. The van der Waals surface area contributed by atoms with Crippen molar-refractivity contribution in [2.24, 2.45) is 5.92 Å². The van der Waals surface area contributed by atoms with Crippen molar-refractivity contribution in [1.82, 2.24) is 14.7 Å². The van der Waals surface area contributed by atoms with Gasteiger partial charge in [-0.05, 0) is 33.0 Å². The molecule has 17 heavy (non-hydrogen) atoms. The van der Waals surface area contributed by atoms with Crippen LogP contribution in [0.15, 0.2) is 0 Å². The topological polar surface area (TPSA) is 26.8 Å². The molecule has 94 valence electrons. The molecule has 4 heteroatoms. The molecule has 0 N–H and O–H groups in total. The smallest absolute Gasteiger partial charge is 0.211 e. The zero-order chi connectivity index (χ0) is 12.3. The van der Waals surface area contributed by atoms with Gasteiger partial charge < -0.3 is 14.7 Å². The number of carbonyl (C=O) groups excluding carboxylic acids is 1. The minimum atomic E-state index is 0.119. The maximum atomic E-state index is 11.9. The molecule has 0 bridgehead atoms. The first-order valence-corrected chi connectivity index (χ1v) is 6.32. The van der Waals surface area contributed by atoms with E-state index in [1.807, 2.05) is 0 Å². The Morgan fingerprint density at radius 3 is 2.35 bits per heavy atom. The van der Waals surface area contributed by atoms with Crippen LogP contribution < -0.4 is 0 Å². The van der Waals surface area contributed by atoms with Gasteiger partial charge in [0.25, 0.3) is 0 Å². The molecule has 0 aromatic rings. The first kappa shape index (κ1) is 12.4. The molecule has 2 rings (SSSR count). The lowest BCUT2D eigenvalue weighted by Crippen LogP contribution is -2.42. The Morgan fingerprint density at radius 2 is 1.76 bits per heavy atom. The van der Waals surface area contributed by atoms with Crippen LogP contribution in [0.5, 0.6) is 0 Å². The zero-order valence-electron chi connectivity index (χ0n) is 10.8. The third kappa shape index (κ3) is 3.45. The maximum Gasteiger partial charge on any atom is 0.211 e. The van der Waals surface area contributed by atoms with Crippen LogP contribution >= 0.6 is 0 Å². The van der Waals surface area contributed by atoms with Crippen molar-refractivity contribution in [3.05, 3.63) is 0 Å². The summed E-state index contributed by atoms with van der Waals surface area (Å²) in [6, 6.07) is 3.02. The lowest BCUT2D eigenvalue weighted by atomic mass is 10.0. The van der Waals surface area contributed by atoms with Crippen LogP contribution in [-0.2, 0) is 4.79 Å². The molecule has 0 spiro atoms. The van der Waals surface area contributed by atoms with Gasteiger partial charge in [0.2, 0.25) is 5.78 Å². The van der Waals surface area contributed by atoms with Gasteiger partial charge in [-0.3, -0.25) is 4.79 Å². The van der Waals surface area contributed by atoms with E-state index in [4.69, 9.17) is 0 Å². The van der Waals surface area contributed by atoms with Crippen molar-refractivity contribution >= 4 is 5.78 Å². The fourth-order valence-electron chi connectivity index (χ4n) is 2.30. The highest BCUT2D eigenvalue weighted by Gasteiger charge is 2.24. The molecule has 2 aliphatic heterocycles. The van der Waals surface area contributed by atoms with Crippen molar-refractivity contribution in [2.75, 3.05) is 53.4 Å². The van der Waals surface area contributed by atoms with Crippen molar-refractivity contribution in [1.29, 1.82) is 0 Å². The normalized spacial score (nSPS) is 26.7. The van der Waals surface area contributed by atoms with Crippen LogP contribution in [0.2, 0.25) is 0 Å². The summed E-state index contributed by atoms with van der Waals surface area (Å²) in [5.74, 6) is 3.08. The lowest BCUT2D eigenvalue weighted by Gasteiger charge is -2.29. The molecule has 2 saturated heterocycles.